The van der Waals surface area contributed by atoms with Crippen LogP contribution in [0.5, 0.6) is 5.75 Å². The summed E-state index contributed by atoms with van der Waals surface area (Å²) in [5.41, 5.74) is 0.931. The van der Waals surface area contributed by atoms with E-state index in [-0.39, 0.29) is 23.7 Å². The Kier molecular flexibility index (Phi) is 5.90. The Hall–Kier alpha value is -2.38. The van der Waals surface area contributed by atoms with Crippen LogP contribution in [-0.4, -0.2) is 40.8 Å². The lowest BCUT2D eigenvalue weighted by atomic mass is 9.98. The predicted octanol–water partition coefficient (Wildman–Crippen LogP) is 3.56. The molecule has 0 bridgehead atoms. The molecule has 0 saturated carbocycles. The molecule has 7 nitrogen and oxygen atoms in total. The minimum atomic E-state index is -1.16. The molecule has 1 aromatic heterocycles. The number of nitrogens with zero attached hydrogens (tertiary/aromatic N) is 2. The van der Waals surface area contributed by atoms with Crippen LogP contribution in [0.3, 0.4) is 0 Å². The second-order valence-corrected chi connectivity index (χ2v) is 6.46. The lowest BCUT2D eigenvalue weighted by Crippen LogP contribution is -2.29. The van der Waals surface area contributed by atoms with Crippen LogP contribution >= 0.6 is 11.6 Å². The number of carbonyl (C=O) groups is 1. The molecule has 2 atom stereocenters. The number of aromatic nitrogens is 2. The molecule has 2 N–H and O–H groups in total. The second-order valence-electron chi connectivity index (χ2n) is 6.02. The maximum absolute atomic E-state index is 11.2. The van der Waals surface area contributed by atoms with Crippen molar-refractivity contribution in [3.8, 4) is 5.75 Å². The van der Waals surface area contributed by atoms with Gasteiger partial charge in [0, 0.05) is 11.6 Å². The van der Waals surface area contributed by atoms with E-state index in [1.165, 1.54) is 13.4 Å². The number of aromatic carboxylic acids is 1. The Labute approximate surface area is 156 Å². The Balaban J connectivity index is 1.65. The van der Waals surface area contributed by atoms with Gasteiger partial charge in [-0.15, -0.1) is 0 Å². The molecule has 1 saturated heterocycles. The highest BCUT2D eigenvalue weighted by atomic mass is 35.5. The van der Waals surface area contributed by atoms with Gasteiger partial charge in [-0.3, -0.25) is 0 Å². The van der Waals surface area contributed by atoms with E-state index in [0.717, 1.165) is 24.8 Å². The van der Waals surface area contributed by atoms with E-state index in [0.29, 0.717) is 17.4 Å². The number of benzene rings is 1. The van der Waals surface area contributed by atoms with Gasteiger partial charge in [0.05, 0.1) is 19.3 Å². The molecule has 26 heavy (non-hydrogen) atoms. The first-order valence-corrected chi connectivity index (χ1v) is 8.73. The number of nitrogens with one attached hydrogen (secondary N) is 1. The summed E-state index contributed by atoms with van der Waals surface area (Å²) in [7, 11) is 1.39. The third-order valence-corrected chi connectivity index (χ3v) is 4.55. The van der Waals surface area contributed by atoms with Crippen LogP contribution in [0, 0.1) is 0 Å². The molecule has 2 unspecified atom stereocenters. The Morgan fingerprint density at radius 2 is 2.12 bits per heavy atom. The van der Waals surface area contributed by atoms with Crippen molar-refractivity contribution in [2.24, 2.45) is 0 Å². The molecule has 0 spiro atoms. The average molecular weight is 378 g/mol. The van der Waals surface area contributed by atoms with E-state index in [1.54, 1.807) is 0 Å². The van der Waals surface area contributed by atoms with Gasteiger partial charge in [-0.2, -0.15) is 0 Å². The molecule has 1 aliphatic rings. The van der Waals surface area contributed by atoms with Gasteiger partial charge in [0.25, 0.3) is 0 Å². The minimum Gasteiger partial charge on any atom is -0.491 e. The van der Waals surface area contributed by atoms with Crippen molar-refractivity contribution in [2.45, 2.75) is 31.5 Å². The molecule has 3 rings (SSSR count). The van der Waals surface area contributed by atoms with Gasteiger partial charge < -0.3 is 19.9 Å². The summed E-state index contributed by atoms with van der Waals surface area (Å²) < 4.78 is 11.3. The van der Waals surface area contributed by atoms with Crippen molar-refractivity contribution >= 4 is 23.4 Å². The highest BCUT2D eigenvalue weighted by molar-refractivity contribution is 6.30. The first kappa shape index (κ1) is 18.4. The summed E-state index contributed by atoms with van der Waals surface area (Å²) in [4.78, 5) is 19.1. The molecule has 0 amide bonds. The minimum absolute atomic E-state index is 0.0163. The van der Waals surface area contributed by atoms with Crippen molar-refractivity contribution < 1.29 is 19.4 Å². The highest BCUT2D eigenvalue weighted by Crippen LogP contribution is 2.32. The molecule has 1 aromatic carbocycles. The van der Waals surface area contributed by atoms with Gasteiger partial charge in [-0.25, -0.2) is 14.8 Å². The third kappa shape index (κ3) is 4.23. The maximum Gasteiger partial charge on any atom is 0.358 e. The fraction of sp³-hybridized carbons (Fsp3) is 0.389. The van der Waals surface area contributed by atoms with Crippen LogP contribution < -0.4 is 10.1 Å². The number of anilines is 1. The van der Waals surface area contributed by atoms with Crippen LogP contribution in [0.2, 0.25) is 5.02 Å². The smallest absolute Gasteiger partial charge is 0.358 e. The van der Waals surface area contributed by atoms with Crippen LogP contribution in [0.25, 0.3) is 0 Å². The molecule has 2 heterocycles. The normalized spacial score (nSPS) is 19.8. The van der Waals surface area contributed by atoms with Crippen molar-refractivity contribution in [3.63, 3.8) is 0 Å². The number of hydrogen-bond donors (Lipinski definition) is 2. The van der Waals surface area contributed by atoms with Crippen molar-refractivity contribution in [2.75, 3.05) is 19.0 Å². The summed E-state index contributed by atoms with van der Waals surface area (Å²) in [5, 5.41) is 13.0. The summed E-state index contributed by atoms with van der Waals surface area (Å²) in [6.07, 6.45) is 4.12. The topological polar surface area (TPSA) is 93.6 Å². The van der Waals surface area contributed by atoms with Gasteiger partial charge in [-0.05, 0) is 37.0 Å². The van der Waals surface area contributed by atoms with Gasteiger partial charge in [0.2, 0.25) is 0 Å². The van der Waals surface area contributed by atoms with Crippen LogP contribution in [0.15, 0.2) is 30.6 Å². The summed E-state index contributed by atoms with van der Waals surface area (Å²) >= 11 is 5.94. The molecule has 0 aliphatic carbocycles. The molecular formula is C18H20ClN3O4. The first-order chi connectivity index (χ1) is 12.6. The molecular weight excluding hydrogens is 358 g/mol. The number of methoxy groups -OCH3 is 1. The lowest BCUT2D eigenvalue weighted by molar-refractivity contribution is -0.0442. The van der Waals surface area contributed by atoms with Gasteiger partial charge in [-0.1, -0.05) is 23.7 Å². The second kappa shape index (κ2) is 8.33. The molecule has 1 fully saturated rings. The van der Waals surface area contributed by atoms with E-state index >= 15 is 0 Å². The highest BCUT2D eigenvalue weighted by Gasteiger charge is 2.25. The molecule has 138 valence electrons. The monoisotopic (exact) mass is 377 g/mol. The molecule has 1 aliphatic heterocycles. The summed E-state index contributed by atoms with van der Waals surface area (Å²) in [6, 6.07) is 7.69. The van der Waals surface area contributed by atoms with E-state index in [9.17, 15) is 9.90 Å². The zero-order chi connectivity index (χ0) is 18.5. The van der Waals surface area contributed by atoms with Gasteiger partial charge in [0.1, 0.15) is 6.33 Å². The number of halogens is 1. The van der Waals surface area contributed by atoms with E-state index in [2.05, 4.69) is 15.3 Å². The number of rotatable bonds is 6. The van der Waals surface area contributed by atoms with Crippen LogP contribution in [-0.2, 0) is 4.74 Å². The van der Waals surface area contributed by atoms with Crippen molar-refractivity contribution in [3.05, 3.63) is 46.9 Å². The third-order valence-electron chi connectivity index (χ3n) is 4.30. The molecule has 0 radical (unpaired) electrons. The number of carboxylic acids is 1. The Morgan fingerprint density at radius 1 is 1.35 bits per heavy atom. The van der Waals surface area contributed by atoms with Crippen molar-refractivity contribution in [1.29, 1.82) is 0 Å². The van der Waals surface area contributed by atoms with E-state index < -0.39 is 5.97 Å². The predicted molar refractivity (Wildman–Crippen MR) is 97.0 cm³/mol. The zero-order valence-electron chi connectivity index (χ0n) is 14.3. The molecule has 8 heteroatoms. The lowest BCUT2D eigenvalue weighted by Gasteiger charge is -2.30. The quantitative estimate of drug-likeness (QED) is 0.794. The van der Waals surface area contributed by atoms with Gasteiger partial charge >= 0.3 is 5.97 Å². The maximum atomic E-state index is 11.2. The van der Waals surface area contributed by atoms with Crippen LogP contribution in [0.4, 0.5) is 5.82 Å². The van der Waals surface area contributed by atoms with E-state index in [4.69, 9.17) is 21.1 Å². The van der Waals surface area contributed by atoms with E-state index in [1.807, 2.05) is 24.3 Å². The number of ether oxygens (including phenoxy) is 2. The average Bonchev–Trinajstić information content (AvgIpc) is 2.66. The number of hydrogen-bond acceptors (Lipinski definition) is 6. The first-order valence-electron chi connectivity index (χ1n) is 8.35. The largest absolute Gasteiger partial charge is 0.491 e. The standard InChI is InChI=1S/C18H20ClN3O4/c1-25-16-15(18(23)24)21-10-22-17(16)20-9-13-3-2-4-14(26-13)11-5-7-12(19)8-6-11/h5-8,10,13-14H,2-4,9H2,1H3,(H,23,24)(H,20,21,22). The van der Waals surface area contributed by atoms with Crippen LogP contribution in [0.1, 0.15) is 41.4 Å². The van der Waals surface area contributed by atoms with Gasteiger partial charge in [0.15, 0.2) is 17.3 Å². The van der Waals surface area contributed by atoms with Crippen molar-refractivity contribution in [1.82, 2.24) is 9.97 Å². The Bertz CT molecular complexity index is 770. The fourth-order valence-electron chi connectivity index (χ4n) is 3.03. The number of carboxylic acid groups (broad SMARTS) is 1. The fourth-order valence-corrected chi connectivity index (χ4v) is 3.15. The molecule has 2 aromatic rings. The Morgan fingerprint density at radius 3 is 2.81 bits per heavy atom. The summed E-state index contributed by atoms with van der Waals surface area (Å²) in [5.74, 6) is -0.703. The zero-order valence-corrected chi connectivity index (χ0v) is 15.1. The summed E-state index contributed by atoms with van der Waals surface area (Å²) in [6.45, 7) is 0.497. The SMILES string of the molecule is COc1c(NCC2CCCC(c3ccc(Cl)cc3)O2)ncnc1C(=O)O.